The number of nitrogens with zero attached hydrogens (tertiary/aromatic N) is 1. The third-order valence-corrected chi connectivity index (χ3v) is 6.76. The highest BCUT2D eigenvalue weighted by Gasteiger charge is 2.21. The number of hydrogen-bond donors (Lipinski definition) is 1. The Morgan fingerprint density at radius 1 is 0.818 bits per heavy atom. The SMILES string of the molecule is Cc1ccc(OCCNC(=O)COc2ccc(N(C)S(=O)(=O)c3ccc(C)cc3)cc2)cc1. The zero-order valence-corrected chi connectivity index (χ0v) is 19.8. The van der Waals surface area contributed by atoms with E-state index in [0.29, 0.717) is 24.6 Å². The fraction of sp³-hybridized carbons (Fsp3) is 0.240. The Morgan fingerprint density at radius 2 is 1.33 bits per heavy atom. The highest BCUT2D eigenvalue weighted by Crippen LogP contribution is 2.24. The van der Waals surface area contributed by atoms with Gasteiger partial charge in [-0.05, 0) is 62.4 Å². The van der Waals surface area contributed by atoms with E-state index in [2.05, 4.69) is 5.32 Å². The molecule has 3 rings (SSSR count). The van der Waals surface area contributed by atoms with Crippen LogP contribution < -0.4 is 19.1 Å². The fourth-order valence-corrected chi connectivity index (χ4v) is 4.15. The van der Waals surface area contributed by atoms with Crippen LogP contribution in [-0.4, -0.2) is 41.1 Å². The molecule has 7 nitrogen and oxygen atoms in total. The third kappa shape index (κ3) is 6.73. The topological polar surface area (TPSA) is 84.9 Å². The maximum Gasteiger partial charge on any atom is 0.264 e. The number of benzene rings is 3. The number of carbonyl (C=O) groups excluding carboxylic acids is 1. The first kappa shape index (κ1) is 24.1. The summed E-state index contributed by atoms with van der Waals surface area (Å²) >= 11 is 0. The Morgan fingerprint density at radius 3 is 1.94 bits per heavy atom. The molecule has 8 heteroatoms. The molecule has 0 saturated heterocycles. The van der Waals surface area contributed by atoms with Crippen LogP contribution in [0.25, 0.3) is 0 Å². The van der Waals surface area contributed by atoms with Crippen molar-refractivity contribution in [3.8, 4) is 11.5 Å². The van der Waals surface area contributed by atoms with Crippen LogP contribution >= 0.6 is 0 Å². The number of carbonyl (C=O) groups is 1. The molecule has 0 aliphatic rings. The average Bonchev–Trinajstić information content (AvgIpc) is 2.82. The minimum Gasteiger partial charge on any atom is -0.492 e. The molecule has 0 aliphatic carbocycles. The molecule has 3 aromatic carbocycles. The molecule has 0 heterocycles. The lowest BCUT2D eigenvalue weighted by molar-refractivity contribution is -0.123. The minimum atomic E-state index is -3.67. The largest absolute Gasteiger partial charge is 0.492 e. The molecule has 0 bridgehead atoms. The first-order chi connectivity index (χ1) is 15.8. The van der Waals surface area contributed by atoms with Crippen LogP contribution in [0.1, 0.15) is 11.1 Å². The van der Waals surface area contributed by atoms with Crippen molar-refractivity contribution in [1.29, 1.82) is 0 Å². The molecule has 0 fully saturated rings. The van der Waals surface area contributed by atoms with Crippen molar-refractivity contribution in [3.05, 3.63) is 83.9 Å². The van der Waals surface area contributed by atoms with Crippen LogP contribution in [-0.2, 0) is 14.8 Å². The lowest BCUT2D eigenvalue weighted by atomic mass is 10.2. The average molecular weight is 469 g/mol. The van der Waals surface area contributed by atoms with Gasteiger partial charge in [0, 0.05) is 7.05 Å². The van der Waals surface area contributed by atoms with Crippen LogP contribution in [0.5, 0.6) is 11.5 Å². The first-order valence-corrected chi connectivity index (χ1v) is 11.9. The predicted octanol–water partition coefficient (Wildman–Crippen LogP) is 3.70. The molecule has 0 spiro atoms. The smallest absolute Gasteiger partial charge is 0.264 e. The van der Waals surface area contributed by atoms with Gasteiger partial charge in [0.1, 0.15) is 18.1 Å². The molecule has 0 unspecified atom stereocenters. The van der Waals surface area contributed by atoms with E-state index < -0.39 is 10.0 Å². The molecule has 0 radical (unpaired) electrons. The number of hydrogen-bond acceptors (Lipinski definition) is 5. The highest BCUT2D eigenvalue weighted by molar-refractivity contribution is 7.92. The molecule has 1 N–H and O–H groups in total. The number of aryl methyl sites for hydroxylation is 2. The molecule has 0 saturated carbocycles. The van der Waals surface area contributed by atoms with Gasteiger partial charge >= 0.3 is 0 Å². The van der Waals surface area contributed by atoms with Crippen molar-refractivity contribution in [3.63, 3.8) is 0 Å². The lowest BCUT2D eigenvalue weighted by Gasteiger charge is -2.20. The number of anilines is 1. The second-order valence-corrected chi connectivity index (χ2v) is 9.55. The zero-order chi connectivity index (χ0) is 23.8. The van der Waals surface area contributed by atoms with Gasteiger partial charge in [-0.3, -0.25) is 9.10 Å². The van der Waals surface area contributed by atoms with Crippen LogP contribution in [0.2, 0.25) is 0 Å². The lowest BCUT2D eigenvalue weighted by Crippen LogP contribution is -2.32. The summed E-state index contributed by atoms with van der Waals surface area (Å²) in [6, 6.07) is 20.9. The number of nitrogens with one attached hydrogen (secondary N) is 1. The summed E-state index contributed by atoms with van der Waals surface area (Å²) in [5.74, 6) is 0.942. The molecule has 0 aliphatic heterocycles. The fourth-order valence-electron chi connectivity index (χ4n) is 2.95. The molecule has 0 aromatic heterocycles. The maximum atomic E-state index is 12.8. The zero-order valence-electron chi connectivity index (χ0n) is 18.9. The Labute approximate surface area is 195 Å². The summed E-state index contributed by atoms with van der Waals surface area (Å²) < 4.78 is 37.9. The molecule has 33 heavy (non-hydrogen) atoms. The summed E-state index contributed by atoms with van der Waals surface area (Å²) in [6.07, 6.45) is 0. The van der Waals surface area contributed by atoms with Crippen molar-refractivity contribution < 1.29 is 22.7 Å². The van der Waals surface area contributed by atoms with Gasteiger partial charge in [-0.15, -0.1) is 0 Å². The predicted molar refractivity (Wildman–Crippen MR) is 128 cm³/mol. The minimum absolute atomic E-state index is 0.151. The molecular formula is C25H28N2O5S. The van der Waals surface area contributed by atoms with Crippen molar-refractivity contribution in [2.24, 2.45) is 0 Å². The van der Waals surface area contributed by atoms with Crippen molar-refractivity contribution in [2.45, 2.75) is 18.7 Å². The van der Waals surface area contributed by atoms with Gasteiger partial charge in [-0.25, -0.2) is 8.42 Å². The van der Waals surface area contributed by atoms with E-state index in [1.165, 1.54) is 11.4 Å². The van der Waals surface area contributed by atoms with E-state index in [0.717, 1.165) is 16.9 Å². The third-order valence-electron chi connectivity index (χ3n) is 4.96. The number of amides is 1. The molecule has 3 aromatic rings. The molecule has 1 amide bonds. The van der Waals surface area contributed by atoms with E-state index in [1.807, 2.05) is 38.1 Å². The number of sulfonamides is 1. The normalized spacial score (nSPS) is 11.0. The quantitative estimate of drug-likeness (QED) is 0.459. The van der Waals surface area contributed by atoms with E-state index in [4.69, 9.17) is 9.47 Å². The Balaban J connectivity index is 1.45. The van der Waals surface area contributed by atoms with E-state index in [1.54, 1.807) is 48.5 Å². The summed E-state index contributed by atoms with van der Waals surface area (Å²) in [7, 11) is -2.17. The van der Waals surface area contributed by atoms with Gasteiger partial charge in [0.05, 0.1) is 17.1 Å². The number of ether oxygens (including phenoxy) is 2. The van der Waals surface area contributed by atoms with E-state index >= 15 is 0 Å². The summed E-state index contributed by atoms with van der Waals surface area (Å²) in [4.78, 5) is 12.2. The van der Waals surface area contributed by atoms with Crippen LogP contribution in [0.4, 0.5) is 5.69 Å². The van der Waals surface area contributed by atoms with Crippen LogP contribution in [0.15, 0.2) is 77.7 Å². The van der Waals surface area contributed by atoms with Gasteiger partial charge in [0.2, 0.25) is 0 Å². The maximum absolute atomic E-state index is 12.8. The van der Waals surface area contributed by atoms with Gasteiger partial charge in [-0.2, -0.15) is 0 Å². The van der Waals surface area contributed by atoms with Crippen molar-refractivity contribution in [1.82, 2.24) is 5.32 Å². The Bertz CT molecular complexity index is 1160. The Kier molecular flexibility index (Phi) is 7.95. The van der Waals surface area contributed by atoms with Crippen LogP contribution in [0, 0.1) is 13.8 Å². The first-order valence-electron chi connectivity index (χ1n) is 10.5. The Hall–Kier alpha value is -3.52. The van der Waals surface area contributed by atoms with E-state index in [-0.39, 0.29) is 17.4 Å². The summed E-state index contributed by atoms with van der Waals surface area (Å²) in [5.41, 5.74) is 2.63. The van der Waals surface area contributed by atoms with Gasteiger partial charge in [0.15, 0.2) is 6.61 Å². The van der Waals surface area contributed by atoms with Crippen molar-refractivity contribution in [2.75, 3.05) is 31.1 Å². The summed E-state index contributed by atoms with van der Waals surface area (Å²) in [5, 5.41) is 2.73. The van der Waals surface area contributed by atoms with Crippen molar-refractivity contribution >= 4 is 21.6 Å². The summed E-state index contributed by atoms with van der Waals surface area (Å²) in [6.45, 7) is 4.46. The number of rotatable bonds is 10. The standard InChI is InChI=1S/C25H28N2O5S/c1-19-4-10-22(11-5-19)31-17-16-26-25(28)18-32-23-12-8-21(9-13-23)27(3)33(29,30)24-14-6-20(2)7-15-24/h4-15H,16-18H2,1-3H3,(H,26,28). The molecule has 0 atom stereocenters. The highest BCUT2D eigenvalue weighted by atomic mass is 32.2. The van der Waals surface area contributed by atoms with Gasteiger partial charge in [0.25, 0.3) is 15.9 Å². The second kappa shape index (κ2) is 10.9. The van der Waals surface area contributed by atoms with Crippen LogP contribution in [0.3, 0.4) is 0 Å². The van der Waals surface area contributed by atoms with E-state index in [9.17, 15) is 13.2 Å². The molecule has 174 valence electrons. The van der Waals surface area contributed by atoms with Gasteiger partial charge in [-0.1, -0.05) is 35.4 Å². The molecular weight excluding hydrogens is 440 g/mol. The second-order valence-electron chi connectivity index (χ2n) is 7.58. The van der Waals surface area contributed by atoms with Gasteiger partial charge < -0.3 is 14.8 Å². The monoisotopic (exact) mass is 468 g/mol.